The number of amides is 2. The van der Waals surface area contributed by atoms with Gasteiger partial charge in [0.1, 0.15) is 5.75 Å². The molecule has 0 saturated heterocycles. The number of nitrogens with zero attached hydrogens (tertiary/aromatic N) is 2. The lowest BCUT2D eigenvalue weighted by molar-refractivity contribution is -0.114. The summed E-state index contributed by atoms with van der Waals surface area (Å²) in [5.41, 5.74) is 3.97. The fourth-order valence-electron chi connectivity index (χ4n) is 3.50. The molecule has 172 valence electrons. The second-order valence-corrected chi connectivity index (χ2v) is 8.34. The van der Waals surface area contributed by atoms with Crippen molar-refractivity contribution in [1.29, 1.82) is 0 Å². The van der Waals surface area contributed by atoms with Gasteiger partial charge in [-0.05, 0) is 30.3 Å². The number of benzene rings is 3. The van der Waals surface area contributed by atoms with E-state index >= 15 is 0 Å². The van der Waals surface area contributed by atoms with Gasteiger partial charge in [0.2, 0.25) is 11.8 Å². The molecule has 0 atom stereocenters. The number of carbonyl (C=O) groups is 2. The molecule has 4 rings (SSSR count). The number of hydrogen-bond donors (Lipinski definition) is 2. The van der Waals surface area contributed by atoms with Crippen LogP contribution in [-0.4, -0.2) is 34.2 Å². The molecule has 0 unspecified atom stereocenters. The molecule has 4 aromatic rings. The summed E-state index contributed by atoms with van der Waals surface area (Å²) < 4.78 is 7.59. The molecule has 0 bridgehead atoms. The van der Waals surface area contributed by atoms with E-state index in [2.05, 4.69) is 15.6 Å². The van der Waals surface area contributed by atoms with E-state index in [4.69, 9.17) is 4.74 Å². The van der Waals surface area contributed by atoms with E-state index in [0.29, 0.717) is 22.3 Å². The SMILES string of the molecule is COc1ccccc1-n1c(-c2ccccc2)cnc1SCC(=O)Nc1cccc(NC(C)=O)c1. The highest BCUT2D eigenvalue weighted by Gasteiger charge is 2.18. The quantitative estimate of drug-likeness (QED) is 0.343. The minimum absolute atomic E-state index is 0.157. The van der Waals surface area contributed by atoms with Crippen LogP contribution in [0.2, 0.25) is 0 Å². The van der Waals surface area contributed by atoms with Gasteiger partial charge in [0.05, 0.1) is 30.4 Å². The largest absolute Gasteiger partial charge is 0.495 e. The fourth-order valence-corrected chi connectivity index (χ4v) is 4.29. The Morgan fingerprint density at radius 2 is 1.65 bits per heavy atom. The van der Waals surface area contributed by atoms with Gasteiger partial charge < -0.3 is 15.4 Å². The second-order valence-electron chi connectivity index (χ2n) is 7.40. The number of nitrogens with one attached hydrogen (secondary N) is 2. The Labute approximate surface area is 202 Å². The van der Waals surface area contributed by atoms with Gasteiger partial charge in [-0.15, -0.1) is 0 Å². The minimum atomic E-state index is -0.180. The Hall–Kier alpha value is -4.04. The lowest BCUT2D eigenvalue weighted by atomic mass is 10.1. The third-order valence-electron chi connectivity index (χ3n) is 4.92. The van der Waals surface area contributed by atoms with Crippen LogP contribution in [0.15, 0.2) is 90.2 Å². The van der Waals surface area contributed by atoms with E-state index in [1.807, 2.05) is 59.2 Å². The molecule has 0 spiro atoms. The van der Waals surface area contributed by atoms with Crippen molar-refractivity contribution in [2.45, 2.75) is 12.1 Å². The van der Waals surface area contributed by atoms with E-state index in [0.717, 1.165) is 16.9 Å². The van der Waals surface area contributed by atoms with Crippen LogP contribution in [0.4, 0.5) is 11.4 Å². The van der Waals surface area contributed by atoms with Crippen molar-refractivity contribution in [3.8, 4) is 22.7 Å². The molecule has 1 heterocycles. The van der Waals surface area contributed by atoms with Crippen molar-refractivity contribution in [2.24, 2.45) is 0 Å². The molecule has 0 aliphatic carbocycles. The molecule has 0 aliphatic rings. The molecule has 2 N–H and O–H groups in total. The molecular weight excluding hydrogens is 448 g/mol. The van der Waals surface area contributed by atoms with Crippen molar-refractivity contribution in [3.63, 3.8) is 0 Å². The van der Waals surface area contributed by atoms with Gasteiger partial charge >= 0.3 is 0 Å². The summed E-state index contributed by atoms with van der Waals surface area (Å²) in [6.45, 7) is 1.44. The number of methoxy groups -OCH3 is 1. The molecule has 0 radical (unpaired) electrons. The predicted molar refractivity (Wildman–Crippen MR) is 136 cm³/mol. The fraction of sp³-hybridized carbons (Fsp3) is 0.115. The van der Waals surface area contributed by atoms with Crippen LogP contribution in [-0.2, 0) is 9.59 Å². The zero-order chi connectivity index (χ0) is 23.9. The zero-order valence-corrected chi connectivity index (χ0v) is 19.6. The van der Waals surface area contributed by atoms with E-state index in [9.17, 15) is 9.59 Å². The second kappa shape index (κ2) is 10.7. The first-order chi connectivity index (χ1) is 16.5. The Balaban J connectivity index is 1.57. The van der Waals surface area contributed by atoms with E-state index in [1.165, 1.54) is 18.7 Å². The van der Waals surface area contributed by atoms with Gasteiger partial charge in [-0.2, -0.15) is 0 Å². The molecule has 7 nitrogen and oxygen atoms in total. The van der Waals surface area contributed by atoms with Crippen LogP contribution < -0.4 is 15.4 Å². The van der Waals surface area contributed by atoms with Gasteiger partial charge in [0.15, 0.2) is 5.16 Å². The maximum Gasteiger partial charge on any atom is 0.234 e. The molecule has 8 heteroatoms. The number of anilines is 2. The van der Waals surface area contributed by atoms with Crippen LogP contribution in [0.25, 0.3) is 16.9 Å². The van der Waals surface area contributed by atoms with Crippen molar-refractivity contribution in [2.75, 3.05) is 23.5 Å². The number of hydrogen-bond acceptors (Lipinski definition) is 5. The van der Waals surface area contributed by atoms with Crippen molar-refractivity contribution in [3.05, 3.63) is 85.1 Å². The number of imidazole rings is 1. The number of aromatic nitrogens is 2. The molecule has 34 heavy (non-hydrogen) atoms. The monoisotopic (exact) mass is 472 g/mol. The Kier molecular flexibility index (Phi) is 7.29. The van der Waals surface area contributed by atoms with Crippen LogP contribution in [0.1, 0.15) is 6.92 Å². The normalized spacial score (nSPS) is 10.5. The molecule has 3 aromatic carbocycles. The first-order valence-electron chi connectivity index (χ1n) is 10.6. The van der Waals surface area contributed by atoms with Crippen LogP contribution >= 0.6 is 11.8 Å². The zero-order valence-electron chi connectivity index (χ0n) is 18.8. The highest BCUT2D eigenvalue weighted by molar-refractivity contribution is 7.99. The Morgan fingerprint density at radius 1 is 0.941 bits per heavy atom. The van der Waals surface area contributed by atoms with Gasteiger partial charge in [-0.3, -0.25) is 14.2 Å². The van der Waals surface area contributed by atoms with E-state index in [-0.39, 0.29) is 17.6 Å². The van der Waals surface area contributed by atoms with E-state index < -0.39 is 0 Å². The lowest BCUT2D eigenvalue weighted by Crippen LogP contribution is -2.15. The molecule has 1 aromatic heterocycles. The summed E-state index contributed by atoms with van der Waals surface area (Å²) in [6, 6.07) is 24.7. The number of para-hydroxylation sites is 2. The maximum absolute atomic E-state index is 12.7. The van der Waals surface area contributed by atoms with Crippen LogP contribution in [0, 0.1) is 0 Å². The summed E-state index contributed by atoms with van der Waals surface area (Å²) in [5.74, 6) is 0.515. The third kappa shape index (κ3) is 5.47. The summed E-state index contributed by atoms with van der Waals surface area (Å²) in [7, 11) is 1.63. The van der Waals surface area contributed by atoms with Crippen molar-refractivity contribution < 1.29 is 14.3 Å². The lowest BCUT2D eigenvalue weighted by Gasteiger charge is -2.15. The standard InChI is InChI=1S/C26H24N4O3S/c1-18(31)28-20-11-8-12-21(15-20)29-25(32)17-34-26-27-16-23(19-9-4-3-5-10-19)30(26)22-13-6-7-14-24(22)33-2/h3-16H,17H2,1-2H3,(H,28,31)(H,29,32). The Bertz CT molecular complexity index is 1300. The topological polar surface area (TPSA) is 85.2 Å². The molecule has 0 saturated carbocycles. The number of rotatable bonds is 8. The maximum atomic E-state index is 12.7. The summed E-state index contributed by atoms with van der Waals surface area (Å²) in [6.07, 6.45) is 1.80. The first kappa shape index (κ1) is 23.1. The Morgan fingerprint density at radius 3 is 2.38 bits per heavy atom. The summed E-state index contributed by atoms with van der Waals surface area (Å²) >= 11 is 1.33. The molecular formula is C26H24N4O3S. The van der Waals surface area contributed by atoms with Gasteiger partial charge in [-0.25, -0.2) is 4.98 Å². The number of thioether (sulfide) groups is 1. The number of carbonyl (C=O) groups excluding carboxylic acids is 2. The third-order valence-corrected chi connectivity index (χ3v) is 5.88. The highest BCUT2D eigenvalue weighted by Crippen LogP contribution is 2.33. The summed E-state index contributed by atoms with van der Waals surface area (Å²) in [5, 5.41) is 6.26. The molecule has 0 aliphatic heterocycles. The predicted octanol–water partition coefficient (Wildman–Crippen LogP) is 5.24. The van der Waals surface area contributed by atoms with Crippen molar-refractivity contribution in [1.82, 2.24) is 9.55 Å². The average Bonchev–Trinajstić information content (AvgIpc) is 3.27. The summed E-state index contributed by atoms with van der Waals surface area (Å²) in [4.78, 5) is 28.6. The van der Waals surface area contributed by atoms with Crippen LogP contribution in [0.3, 0.4) is 0 Å². The van der Waals surface area contributed by atoms with Gasteiger partial charge in [0, 0.05) is 23.9 Å². The van der Waals surface area contributed by atoms with E-state index in [1.54, 1.807) is 37.6 Å². The van der Waals surface area contributed by atoms with Crippen LogP contribution in [0.5, 0.6) is 5.75 Å². The first-order valence-corrected chi connectivity index (χ1v) is 11.6. The minimum Gasteiger partial charge on any atom is -0.495 e. The van der Waals surface area contributed by atoms with Gasteiger partial charge in [-0.1, -0.05) is 60.3 Å². The molecule has 0 fully saturated rings. The average molecular weight is 473 g/mol. The van der Waals surface area contributed by atoms with Crippen molar-refractivity contribution >= 4 is 35.0 Å². The number of ether oxygens (including phenoxy) is 1. The van der Waals surface area contributed by atoms with Gasteiger partial charge in [0.25, 0.3) is 0 Å². The highest BCUT2D eigenvalue weighted by atomic mass is 32.2. The molecule has 2 amide bonds. The smallest absolute Gasteiger partial charge is 0.234 e.